The molecule has 1 fully saturated rings. The summed E-state index contributed by atoms with van der Waals surface area (Å²) in [5, 5.41) is 10.1. The van der Waals surface area contributed by atoms with E-state index in [-0.39, 0.29) is 5.60 Å². The van der Waals surface area contributed by atoms with E-state index in [2.05, 4.69) is 18.8 Å². The molecular weight excluding hydrogens is 188 g/mol. The second-order valence-electron chi connectivity index (χ2n) is 4.60. The predicted octanol–water partition coefficient (Wildman–Crippen LogP) is 2.36. The van der Waals surface area contributed by atoms with Gasteiger partial charge in [-0.2, -0.15) is 0 Å². The van der Waals surface area contributed by atoms with E-state index in [1.54, 1.807) is 14.0 Å². The molecule has 0 aromatic heterocycles. The Bertz CT molecular complexity index is 241. The fraction of sp³-hybridized carbons (Fsp3) is 0.846. The molecule has 0 heterocycles. The molecule has 1 atom stereocenters. The van der Waals surface area contributed by atoms with Gasteiger partial charge >= 0.3 is 0 Å². The Morgan fingerprint density at radius 1 is 1.47 bits per heavy atom. The van der Waals surface area contributed by atoms with Crippen LogP contribution in [0.15, 0.2) is 0 Å². The van der Waals surface area contributed by atoms with E-state index >= 15 is 0 Å². The highest BCUT2D eigenvalue weighted by atomic mass is 16.5. The van der Waals surface area contributed by atoms with Crippen LogP contribution in [0.1, 0.15) is 46.0 Å². The van der Waals surface area contributed by atoms with Crippen molar-refractivity contribution in [1.29, 1.82) is 0 Å². The second-order valence-corrected chi connectivity index (χ2v) is 4.60. The van der Waals surface area contributed by atoms with E-state index in [1.807, 2.05) is 0 Å². The summed E-state index contributed by atoms with van der Waals surface area (Å²) in [4.78, 5) is 0. The van der Waals surface area contributed by atoms with Gasteiger partial charge in [0, 0.05) is 13.5 Å². The Hall–Kier alpha value is -0.520. The van der Waals surface area contributed by atoms with Gasteiger partial charge in [0.25, 0.3) is 0 Å². The second kappa shape index (κ2) is 5.53. The van der Waals surface area contributed by atoms with Gasteiger partial charge in [0.2, 0.25) is 0 Å². The van der Waals surface area contributed by atoms with Crippen molar-refractivity contribution in [2.24, 2.45) is 5.92 Å². The molecule has 1 rings (SSSR count). The first-order valence-corrected chi connectivity index (χ1v) is 5.77. The number of methoxy groups -OCH3 is 1. The standard InChI is InChI=1S/C13H22O2/c1-4-5-6-12(14)13(15-3)9-7-11(2)8-10-13/h11-12,14H,6-10H2,1-3H3. The van der Waals surface area contributed by atoms with Crippen LogP contribution in [0.2, 0.25) is 0 Å². The van der Waals surface area contributed by atoms with Gasteiger partial charge in [-0.3, -0.25) is 0 Å². The lowest BCUT2D eigenvalue weighted by Gasteiger charge is -2.41. The Kier molecular flexibility index (Phi) is 4.63. The zero-order chi connectivity index (χ0) is 11.3. The van der Waals surface area contributed by atoms with E-state index < -0.39 is 6.10 Å². The van der Waals surface area contributed by atoms with Crippen LogP contribution in [0.3, 0.4) is 0 Å². The summed E-state index contributed by atoms with van der Waals surface area (Å²) in [6, 6.07) is 0. The lowest BCUT2D eigenvalue weighted by molar-refractivity contribution is -0.125. The molecule has 0 saturated heterocycles. The van der Waals surface area contributed by atoms with Crippen LogP contribution < -0.4 is 0 Å². The van der Waals surface area contributed by atoms with Crippen LogP contribution >= 0.6 is 0 Å². The van der Waals surface area contributed by atoms with Gasteiger partial charge in [-0.25, -0.2) is 0 Å². The maximum atomic E-state index is 10.1. The average molecular weight is 210 g/mol. The molecule has 0 aliphatic heterocycles. The molecule has 0 spiro atoms. The molecule has 0 aromatic rings. The van der Waals surface area contributed by atoms with Crippen LogP contribution in [0.25, 0.3) is 0 Å². The zero-order valence-corrected chi connectivity index (χ0v) is 10.0. The van der Waals surface area contributed by atoms with E-state index in [4.69, 9.17) is 4.74 Å². The minimum Gasteiger partial charge on any atom is -0.389 e. The molecule has 1 N–H and O–H groups in total. The summed E-state index contributed by atoms with van der Waals surface area (Å²) >= 11 is 0. The summed E-state index contributed by atoms with van der Waals surface area (Å²) in [7, 11) is 1.71. The quantitative estimate of drug-likeness (QED) is 0.725. The molecule has 1 aliphatic carbocycles. The molecular formula is C13H22O2. The van der Waals surface area contributed by atoms with Crippen molar-refractivity contribution in [2.45, 2.75) is 57.7 Å². The van der Waals surface area contributed by atoms with Crippen LogP contribution in [0.5, 0.6) is 0 Å². The van der Waals surface area contributed by atoms with Gasteiger partial charge in [0.15, 0.2) is 0 Å². The fourth-order valence-corrected chi connectivity index (χ4v) is 2.31. The average Bonchev–Trinajstić information content (AvgIpc) is 2.27. The van der Waals surface area contributed by atoms with Crippen molar-refractivity contribution in [2.75, 3.05) is 7.11 Å². The third kappa shape index (κ3) is 2.96. The van der Waals surface area contributed by atoms with Crippen molar-refractivity contribution in [3.05, 3.63) is 0 Å². The molecule has 0 radical (unpaired) electrons. The Labute approximate surface area is 93.0 Å². The normalized spacial score (nSPS) is 32.9. The van der Waals surface area contributed by atoms with Crippen molar-refractivity contribution in [3.8, 4) is 11.8 Å². The number of aliphatic hydroxyl groups excluding tert-OH is 1. The number of ether oxygens (including phenoxy) is 1. The van der Waals surface area contributed by atoms with E-state index in [1.165, 1.54) is 0 Å². The molecule has 2 heteroatoms. The first-order chi connectivity index (χ1) is 7.14. The number of rotatable bonds is 3. The molecule has 1 aliphatic rings. The number of hydrogen-bond acceptors (Lipinski definition) is 2. The van der Waals surface area contributed by atoms with Crippen LogP contribution in [-0.2, 0) is 4.74 Å². The fourth-order valence-electron chi connectivity index (χ4n) is 2.31. The maximum absolute atomic E-state index is 10.1. The lowest BCUT2D eigenvalue weighted by Crippen LogP contribution is -2.46. The summed E-state index contributed by atoms with van der Waals surface area (Å²) in [5.74, 6) is 6.52. The number of hydrogen-bond donors (Lipinski definition) is 1. The summed E-state index contributed by atoms with van der Waals surface area (Å²) < 4.78 is 5.57. The molecule has 0 amide bonds. The smallest absolute Gasteiger partial charge is 0.0946 e. The zero-order valence-electron chi connectivity index (χ0n) is 10.0. The molecule has 15 heavy (non-hydrogen) atoms. The minimum atomic E-state index is -0.442. The van der Waals surface area contributed by atoms with Crippen molar-refractivity contribution in [1.82, 2.24) is 0 Å². The predicted molar refractivity (Wildman–Crippen MR) is 61.4 cm³/mol. The van der Waals surface area contributed by atoms with Crippen molar-refractivity contribution >= 4 is 0 Å². The third-order valence-corrected chi connectivity index (χ3v) is 3.61. The molecule has 2 nitrogen and oxygen atoms in total. The lowest BCUT2D eigenvalue weighted by atomic mass is 9.75. The monoisotopic (exact) mass is 210 g/mol. The van der Waals surface area contributed by atoms with E-state index in [9.17, 15) is 5.11 Å². The molecule has 1 saturated carbocycles. The molecule has 0 aromatic carbocycles. The van der Waals surface area contributed by atoms with E-state index in [0.717, 1.165) is 31.6 Å². The highest BCUT2D eigenvalue weighted by molar-refractivity contribution is 5.02. The molecule has 1 unspecified atom stereocenters. The minimum absolute atomic E-state index is 0.337. The molecule has 86 valence electrons. The highest BCUT2D eigenvalue weighted by Crippen LogP contribution is 2.37. The Morgan fingerprint density at radius 2 is 2.07 bits per heavy atom. The van der Waals surface area contributed by atoms with Crippen molar-refractivity contribution in [3.63, 3.8) is 0 Å². The SMILES string of the molecule is CC#CCC(O)C1(OC)CCC(C)CC1. The summed E-state index contributed by atoms with van der Waals surface area (Å²) in [5.41, 5.74) is -0.337. The van der Waals surface area contributed by atoms with Crippen LogP contribution in [0.4, 0.5) is 0 Å². The number of aliphatic hydroxyl groups is 1. The summed E-state index contributed by atoms with van der Waals surface area (Å²) in [6.07, 6.45) is 4.28. The van der Waals surface area contributed by atoms with Gasteiger partial charge in [-0.1, -0.05) is 6.92 Å². The highest BCUT2D eigenvalue weighted by Gasteiger charge is 2.40. The van der Waals surface area contributed by atoms with Gasteiger partial charge in [0.05, 0.1) is 11.7 Å². The largest absolute Gasteiger partial charge is 0.389 e. The van der Waals surface area contributed by atoms with Gasteiger partial charge < -0.3 is 9.84 Å². The van der Waals surface area contributed by atoms with Crippen molar-refractivity contribution < 1.29 is 9.84 Å². The topological polar surface area (TPSA) is 29.5 Å². The Morgan fingerprint density at radius 3 is 2.53 bits per heavy atom. The summed E-state index contributed by atoms with van der Waals surface area (Å²) in [6.45, 7) is 4.06. The van der Waals surface area contributed by atoms with Gasteiger partial charge in [0.1, 0.15) is 0 Å². The molecule has 0 bridgehead atoms. The first-order valence-electron chi connectivity index (χ1n) is 5.77. The van der Waals surface area contributed by atoms with Gasteiger partial charge in [-0.05, 0) is 38.5 Å². The third-order valence-electron chi connectivity index (χ3n) is 3.61. The van der Waals surface area contributed by atoms with Crippen LogP contribution in [-0.4, -0.2) is 23.9 Å². The first kappa shape index (κ1) is 12.5. The maximum Gasteiger partial charge on any atom is 0.0946 e. The van der Waals surface area contributed by atoms with E-state index in [0.29, 0.717) is 6.42 Å². The van der Waals surface area contributed by atoms with Gasteiger partial charge in [-0.15, -0.1) is 11.8 Å². The van der Waals surface area contributed by atoms with Crippen LogP contribution in [0, 0.1) is 17.8 Å². The Balaban J connectivity index is 2.62.